The number of nitriles is 1. The summed E-state index contributed by atoms with van der Waals surface area (Å²) in [5.41, 5.74) is 10.6. The van der Waals surface area contributed by atoms with Gasteiger partial charge in [-0.2, -0.15) is 5.26 Å². The van der Waals surface area contributed by atoms with Crippen molar-refractivity contribution in [1.29, 1.82) is 5.26 Å². The van der Waals surface area contributed by atoms with Crippen LogP contribution >= 0.6 is 0 Å². The lowest BCUT2D eigenvalue weighted by Gasteiger charge is -2.23. The summed E-state index contributed by atoms with van der Waals surface area (Å²) in [5.74, 6) is -0.364. The average Bonchev–Trinajstić information content (AvgIpc) is 2.94. The lowest BCUT2D eigenvalue weighted by Crippen LogP contribution is -2.25. The number of nitrogens with two attached hydrogens (primary N) is 1. The number of hydrogen-bond donors (Lipinski definition) is 3. The highest BCUT2D eigenvalue weighted by molar-refractivity contribution is 5.83. The fourth-order valence-corrected chi connectivity index (χ4v) is 3.63. The Morgan fingerprint density at radius 1 is 1.27 bits per heavy atom. The maximum absolute atomic E-state index is 12.9. The Kier molecular flexibility index (Phi) is 3.37. The van der Waals surface area contributed by atoms with Gasteiger partial charge in [0, 0.05) is 16.8 Å². The Labute approximate surface area is 149 Å². The lowest BCUT2D eigenvalue weighted by atomic mass is 9.84. The third-order valence-electron chi connectivity index (χ3n) is 4.76. The number of aryl methyl sites for hydroxylation is 3. The number of rotatable bonds is 1. The van der Waals surface area contributed by atoms with Crippen LogP contribution in [-0.2, 0) is 0 Å². The van der Waals surface area contributed by atoms with Crippen LogP contribution in [0.15, 0.2) is 34.4 Å². The van der Waals surface area contributed by atoms with Crippen LogP contribution in [0.5, 0.6) is 5.88 Å². The molecule has 7 heteroatoms. The predicted molar refractivity (Wildman–Crippen MR) is 96.7 cm³/mol. The highest BCUT2D eigenvalue weighted by Crippen LogP contribution is 2.41. The van der Waals surface area contributed by atoms with Crippen molar-refractivity contribution in [3.8, 4) is 11.9 Å². The Morgan fingerprint density at radius 3 is 2.77 bits per heavy atom. The van der Waals surface area contributed by atoms with Gasteiger partial charge in [0.15, 0.2) is 0 Å². The van der Waals surface area contributed by atoms with Crippen LogP contribution in [0.3, 0.4) is 0 Å². The first-order valence-corrected chi connectivity index (χ1v) is 8.17. The summed E-state index contributed by atoms with van der Waals surface area (Å²) in [6, 6.07) is 7.94. The molecule has 1 aliphatic heterocycles. The molecule has 2 aromatic heterocycles. The average molecular weight is 347 g/mol. The van der Waals surface area contributed by atoms with Gasteiger partial charge in [-0.1, -0.05) is 11.6 Å². The van der Waals surface area contributed by atoms with Crippen LogP contribution < -0.4 is 16.0 Å². The molecule has 0 saturated carbocycles. The number of fused-ring (bicyclic) bond motifs is 2. The van der Waals surface area contributed by atoms with E-state index in [0.717, 1.165) is 27.7 Å². The molecule has 0 aliphatic carbocycles. The van der Waals surface area contributed by atoms with Crippen molar-refractivity contribution >= 4 is 10.9 Å². The number of aromatic amines is 2. The molecule has 1 atom stereocenters. The summed E-state index contributed by atoms with van der Waals surface area (Å²) in [4.78, 5) is 15.8. The second kappa shape index (κ2) is 5.49. The summed E-state index contributed by atoms with van der Waals surface area (Å²) in [6.07, 6.45) is 0. The lowest BCUT2D eigenvalue weighted by molar-refractivity contribution is 0.378. The van der Waals surface area contributed by atoms with Gasteiger partial charge in [0.2, 0.25) is 11.8 Å². The van der Waals surface area contributed by atoms with E-state index in [1.54, 1.807) is 0 Å². The molecule has 4 rings (SSSR count). The third kappa shape index (κ3) is 2.19. The first-order chi connectivity index (χ1) is 12.4. The monoisotopic (exact) mass is 347 g/mol. The number of ether oxygens (including phenoxy) is 1. The van der Waals surface area contributed by atoms with Gasteiger partial charge in [-0.3, -0.25) is 9.89 Å². The summed E-state index contributed by atoms with van der Waals surface area (Å²) in [5, 5.41) is 17.5. The zero-order chi connectivity index (χ0) is 18.6. The number of nitrogens with one attached hydrogen (secondary N) is 2. The summed E-state index contributed by atoms with van der Waals surface area (Å²) in [7, 11) is 0. The number of nitrogens with zero attached hydrogens (tertiary/aromatic N) is 2. The Balaban J connectivity index is 2.05. The van der Waals surface area contributed by atoms with Crippen LogP contribution in [0, 0.1) is 32.1 Å². The van der Waals surface area contributed by atoms with E-state index in [0.29, 0.717) is 17.0 Å². The van der Waals surface area contributed by atoms with E-state index in [1.807, 2.05) is 39.0 Å². The Hall–Kier alpha value is -3.53. The molecular formula is C19H17N5O2. The minimum Gasteiger partial charge on any atom is -0.420 e. The molecule has 0 amide bonds. The van der Waals surface area contributed by atoms with Crippen molar-refractivity contribution < 1.29 is 4.74 Å². The third-order valence-corrected chi connectivity index (χ3v) is 4.76. The highest BCUT2D eigenvalue weighted by atomic mass is 16.5. The standard InChI is InChI=1S/C19H17N5O2/c1-8-4-9(2)16-11(5-8)6-12(18(25)22-16)15-13(7-20)17(21)26-19-14(15)10(3)23-24-19/h4-6,15H,21H2,1-3H3,(H,22,25)(H,23,24)/t15-/m1/s1. The van der Waals surface area contributed by atoms with Crippen LogP contribution in [0.25, 0.3) is 10.9 Å². The van der Waals surface area contributed by atoms with E-state index >= 15 is 0 Å². The van der Waals surface area contributed by atoms with Gasteiger partial charge in [-0.25, -0.2) is 0 Å². The second-order valence-corrected chi connectivity index (χ2v) is 6.59. The number of hydrogen-bond acceptors (Lipinski definition) is 5. The topological polar surface area (TPSA) is 121 Å². The molecule has 0 radical (unpaired) electrons. The number of pyridine rings is 1. The van der Waals surface area contributed by atoms with Gasteiger partial charge in [0.1, 0.15) is 11.6 Å². The zero-order valence-corrected chi connectivity index (χ0v) is 14.6. The molecule has 0 fully saturated rings. The molecule has 3 heterocycles. The second-order valence-electron chi connectivity index (χ2n) is 6.59. The Morgan fingerprint density at radius 2 is 2.04 bits per heavy atom. The van der Waals surface area contributed by atoms with E-state index in [1.165, 1.54) is 0 Å². The van der Waals surface area contributed by atoms with Crippen molar-refractivity contribution in [2.75, 3.05) is 0 Å². The van der Waals surface area contributed by atoms with Gasteiger partial charge in [-0.05, 0) is 43.9 Å². The van der Waals surface area contributed by atoms with Crippen LogP contribution in [0.1, 0.15) is 33.9 Å². The molecule has 26 heavy (non-hydrogen) atoms. The van der Waals surface area contributed by atoms with Crippen molar-refractivity contribution in [2.24, 2.45) is 5.73 Å². The predicted octanol–water partition coefficient (Wildman–Crippen LogP) is 2.39. The molecule has 1 aromatic carbocycles. The van der Waals surface area contributed by atoms with Crippen molar-refractivity contribution in [3.05, 3.63) is 68.0 Å². The van der Waals surface area contributed by atoms with E-state index < -0.39 is 5.92 Å². The van der Waals surface area contributed by atoms with Crippen LogP contribution in [0.2, 0.25) is 0 Å². The Bertz CT molecular complexity index is 1190. The molecular weight excluding hydrogens is 330 g/mol. The smallest absolute Gasteiger partial charge is 0.252 e. The first-order valence-electron chi connectivity index (χ1n) is 8.17. The molecule has 130 valence electrons. The van der Waals surface area contributed by atoms with Crippen molar-refractivity contribution in [2.45, 2.75) is 26.7 Å². The number of benzene rings is 1. The number of allylic oxidation sites excluding steroid dienone is 1. The summed E-state index contributed by atoms with van der Waals surface area (Å²) < 4.78 is 5.45. The van der Waals surface area contributed by atoms with E-state index in [2.05, 4.69) is 21.3 Å². The first kappa shape index (κ1) is 16.0. The van der Waals surface area contributed by atoms with Gasteiger partial charge in [0.05, 0.1) is 11.4 Å². The van der Waals surface area contributed by atoms with Crippen LogP contribution in [-0.4, -0.2) is 15.2 Å². The van der Waals surface area contributed by atoms with E-state index in [4.69, 9.17) is 10.5 Å². The van der Waals surface area contributed by atoms with Crippen molar-refractivity contribution in [1.82, 2.24) is 15.2 Å². The maximum Gasteiger partial charge on any atom is 0.252 e. The maximum atomic E-state index is 12.9. The van der Waals surface area contributed by atoms with Gasteiger partial charge >= 0.3 is 0 Å². The van der Waals surface area contributed by atoms with E-state index in [9.17, 15) is 10.1 Å². The molecule has 0 unspecified atom stereocenters. The molecule has 3 aromatic rings. The molecule has 7 nitrogen and oxygen atoms in total. The highest BCUT2D eigenvalue weighted by Gasteiger charge is 2.35. The number of H-pyrrole nitrogens is 2. The SMILES string of the molecule is Cc1cc(C)c2[nH]c(=O)c([C@@H]3C(C#N)=C(N)Oc4n[nH]c(C)c43)cc2c1. The molecule has 0 bridgehead atoms. The van der Waals surface area contributed by atoms with Gasteiger partial charge < -0.3 is 15.5 Å². The minimum absolute atomic E-state index is 0.0311. The molecule has 0 saturated heterocycles. The van der Waals surface area contributed by atoms with E-state index in [-0.39, 0.29) is 17.0 Å². The van der Waals surface area contributed by atoms with Crippen LogP contribution in [0.4, 0.5) is 0 Å². The quantitative estimate of drug-likeness (QED) is 0.624. The normalized spacial score (nSPS) is 16.3. The van der Waals surface area contributed by atoms with Crippen molar-refractivity contribution in [3.63, 3.8) is 0 Å². The molecule has 4 N–H and O–H groups in total. The molecule has 1 aliphatic rings. The molecule has 0 spiro atoms. The fraction of sp³-hybridized carbons (Fsp3) is 0.211. The van der Waals surface area contributed by atoms with Gasteiger partial charge in [0.25, 0.3) is 5.56 Å². The fourth-order valence-electron chi connectivity index (χ4n) is 3.63. The minimum atomic E-state index is -0.628. The zero-order valence-electron chi connectivity index (χ0n) is 14.6. The largest absolute Gasteiger partial charge is 0.420 e. The van der Waals surface area contributed by atoms with Gasteiger partial charge in [-0.15, -0.1) is 5.10 Å². The summed E-state index contributed by atoms with van der Waals surface area (Å²) in [6.45, 7) is 5.78. The number of aromatic nitrogens is 3. The summed E-state index contributed by atoms with van der Waals surface area (Å²) >= 11 is 0.